The number of carbonyl (C=O) groups is 1. The third-order valence-electron chi connectivity index (χ3n) is 4.80. The second-order valence-electron chi connectivity index (χ2n) is 6.23. The Bertz CT molecular complexity index is 747. The number of aliphatic carboxylic acids is 1. The van der Waals surface area contributed by atoms with Crippen molar-refractivity contribution in [2.24, 2.45) is 5.92 Å². The van der Waals surface area contributed by atoms with Crippen LogP contribution in [0, 0.1) is 12.8 Å². The van der Waals surface area contributed by atoms with Crippen LogP contribution >= 0.6 is 11.3 Å². The van der Waals surface area contributed by atoms with Crippen molar-refractivity contribution in [2.45, 2.75) is 39.0 Å². The summed E-state index contributed by atoms with van der Waals surface area (Å²) >= 11 is 1.81. The molecule has 2 aromatic rings. The quantitative estimate of drug-likeness (QED) is 0.922. The Morgan fingerprint density at radius 1 is 1.27 bits per heavy atom. The lowest BCUT2D eigenvalue weighted by atomic mass is 9.97. The first-order valence-electron chi connectivity index (χ1n) is 7.90. The smallest absolute Gasteiger partial charge is 0.306 e. The molecule has 0 unspecified atom stereocenters. The molecule has 0 spiro atoms. The fourth-order valence-corrected chi connectivity index (χ4v) is 4.95. The molecular formula is C16H19N3O2S. The maximum atomic E-state index is 11.1. The summed E-state index contributed by atoms with van der Waals surface area (Å²) in [7, 11) is 0. The van der Waals surface area contributed by atoms with Gasteiger partial charge in [-0.15, -0.1) is 11.3 Å². The number of fused-ring (bicyclic) bond motifs is 3. The molecule has 5 nitrogen and oxygen atoms in total. The van der Waals surface area contributed by atoms with Gasteiger partial charge in [0.15, 0.2) is 0 Å². The van der Waals surface area contributed by atoms with E-state index in [0.29, 0.717) is 12.8 Å². The van der Waals surface area contributed by atoms with Crippen molar-refractivity contribution in [1.82, 2.24) is 9.97 Å². The van der Waals surface area contributed by atoms with E-state index in [4.69, 9.17) is 10.1 Å². The summed E-state index contributed by atoms with van der Waals surface area (Å²) in [5, 5.41) is 10.4. The lowest BCUT2D eigenvalue weighted by Crippen LogP contribution is -2.37. The Morgan fingerprint density at radius 2 is 2.05 bits per heavy atom. The molecule has 3 heterocycles. The highest BCUT2D eigenvalue weighted by atomic mass is 32.1. The third kappa shape index (κ3) is 2.17. The summed E-state index contributed by atoms with van der Waals surface area (Å²) in [6.07, 6.45) is 4.92. The van der Waals surface area contributed by atoms with Crippen LogP contribution < -0.4 is 4.90 Å². The Morgan fingerprint density at radius 3 is 2.77 bits per heavy atom. The maximum absolute atomic E-state index is 11.1. The van der Waals surface area contributed by atoms with E-state index in [9.17, 15) is 4.79 Å². The molecule has 0 bridgehead atoms. The molecule has 116 valence electrons. The van der Waals surface area contributed by atoms with Gasteiger partial charge in [-0.3, -0.25) is 4.79 Å². The van der Waals surface area contributed by atoms with Crippen LogP contribution in [0.5, 0.6) is 0 Å². The van der Waals surface area contributed by atoms with Gasteiger partial charge in [-0.1, -0.05) is 0 Å². The summed E-state index contributed by atoms with van der Waals surface area (Å²) in [4.78, 5) is 25.3. The number of thiophene rings is 1. The van der Waals surface area contributed by atoms with Crippen molar-refractivity contribution in [3.63, 3.8) is 0 Å². The maximum Gasteiger partial charge on any atom is 0.306 e. The first-order chi connectivity index (χ1) is 10.6. The van der Waals surface area contributed by atoms with Crippen molar-refractivity contribution in [1.29, 1.82) is 0 Å². The number of rotatable bonds is 2. The summed E-state index contributed by atoms with van der Waals surface area (Å²) < 4.78 is 0. The first kappa shape index (κ1) is 13.9. The zero-order valence-electron chi connectivity index (χ0n) is 12.6. The molecule has 1 saturated heterocycles. The van der Waals surface area contributed by atoms with E-state index in [1.165, 1.54) is 22.2 Å². The fourth-order valence-electron chi connectivity index (χ4n) is 3.65. The van der Waals surface area contributed by atoms with Crippen LogP contribution in [0.25, 0.3) is 10.2 Å². The number of hydrogen-bond donors (Lipinski definition) is 1. The molecular weight excluding hydrogens is 298 g/mol. The van der Waals surface area contributed by atoms with Crippen LogP contribution in [-0.4, -0.2) is 34.1 Å². The SMILES string of the molecule is Cc1nc(N2CCC(C(=O)O)CC2)c2c3c(sc2n1)CCC3. The van der Waals surface area contributed by atoms with Crippen LogP contribution in [0.1, 0.15) is 35.5 Å². The van der Waals surface area contributed by atoms with Crippen LogP contribution in [0.15, 0.2) is 0 Å². The van der Waals surface area contributed by atoms with E-state index in [2.05, 4.69) is 9.88 Å². The van der Waals surface area contributed by atoms with Crippen LogP contribution in [-0.2, 0) is 17.6 Å². The molecule has 0 saturated carbocycles. The van der Waals surface area contributed by atoms with Crippen LogP contribution in [0.3, 0.4) is 0 Å². The number of aryl methyl sites for hydroxylation is 3. The predicted octanol–water partition coefficient (Wildman–Crippen LogP) is 2.79. The predicted molar refractivity (Wildman–Crippen MR) is 86.7 cm³/mol. The molecule has 1 aliphatic heterocycles. The van der Waals surface area contributed by atoms with Gasteiger partial charge >= 0.3 is 5.97 Å². The number of nitrogens with zero attached hydrogens (tertiary/aromatic N) is 3. The zero-order chi connectivity index (χ0) is 15.3. The van der Waals surface area contributed by atoms with Crippen molar-refractivity contribution < 1.29 is 9.90 Å². The molecule has 1 fully saturated rings. The monoisotopic (exact) mass is 317 g/mol. The average Bonchev–Trinajstić information content (AvgIpc) is 3.06. The minimum atomic E-state index is -0.667. The first-order valence-corrected chi connectivity index (χ1v) is 8.72. The molecule has 1 N–H and O–H groups in total. The summed E-state index contributed by atoms with van der Waals surface area (Å²) in [6.45, 7) is 3.48. The molecule has 2 aliphatic rings. The number of anilines is 1. The standard InChI is InChI=1S/C16H19N3O2S/c1-9-17-14(19-7-5-10(6-8-19)16(20)21)13-11-3-2-4-12(11)22-15(13)18-9/h10H,2-8H2,1H3,(H,20,21). The Kier molecular flexibility index (Phi) is 3.29. The zero-order valence-corrected chi connectivity index (χ0v) is 13.4. The number of hydrogen-bond acceptors (Lipinski definition) is 5. The second kappa shape index (κ2) is 5.19. The molecule has 0 atom stereocenters. The Labute approximate surface area is 133 Å². The largest absolute Gasteiger partial charge is 0.481 e. The van der Waals surface area contributed by atoms with E-state index in [-0.39, 0.29) is 5.92 Å². The molecule has 2 aromatic heterocycles. The van der Waals surface area contributed by atoms with E-state index >= 15 is 0 Å². The van der Waals surface area contributed by atoms with Crippen molar-refractivity contribution in [3.8, 4) is 0 Å². The molecule has 22 heavy (non-hydrogen) atoms. The molecule has 6 heteroatoms. The third-order valence-corrected chi connectivity index (χ3v) is 5.99. The normalized spacial score (nSPS) is 18.9. The van der Waals surface area contributed by atoms with Crippen LogP contribution in [0.4, 0.5) is 5.82 Å². The van der Waals surface area contributed by atoms with Gasteiger partial charge in [0.2, 0.25) is 0 Å². The van der Waals surface area contributed by atoms with Gasteiger partial charge < -0.3 is 10.0 Å². The fraction of sp³-hybridized carbons (Fsp3) is 0.562. The number of carboxylic acids is 1. The average molecular weight is 317 g/mol. The lowest BCUT2D eigenvalue weighted by Gasteiger charge is -2.31. The van der Waals surface area contributed by atoms with Crippen molar-refractivity contribution in [2.75, 3.05) is 18.0 Å². The molecule has 0 radical (unpaired) electrons. The minimum absolute atomic E-state index is 0.206. The van der Waals surface area contributed by atoms with E-state index in [1.807, 2.05) is 18.3 Å². The van der Waals surface area contributed by atoms with Gasteiger partial charge in [0.05, 0.1) is 11.3 Å². The molecule has 1 aliphatic carbocycles. The van der Waals surface area contributed by atoms with Gasteiger partial charge in [0.1, 0.15) is 16.5 Å². The molecule has 0 amide bonds. The molecule has 4 rings (SSSR count). The highest BCUT2D eigenvalue weighted by molar-refractivity contribution is 7.19. The summed E-state index contributed by atoms with van der Waals surface area (Å²) in [6, 6.07) is 0. The van der Waals surface area contributed by atoms with Gasteiger partial charge in [-0.25, -0.2) is 9.97 Å². The van der Waals surface area contributed by atoms with Gasteiger partial charge in [-0.05, 0) is 44.6 Å². The second-order valence-corrected chi connectivity index (χ2v) is 7.32. The highest BCUT2D eigenvalue weighted by Crippen LogP contribution is 2.41. The minimum Gasteiger partial charge on any atom is -0.481 e. The number of carboxylic acid groups (broad SMARTS) is 1. The van der Waals surface area contributed by atoms with Gasteiger partial charge in [-0.2, -0.15) is 0 Å². The lowest BCUT2D eigenvalue weighted by molar-refractivity contribution is -0.142. The van der Waals surface area contributed by atoms with Crippen molar-refractivity contribution in [3.05, 3.63) is 16.3 Å². The van der Waals surface area contributed by atoms with Gasteiger partial charge in [0.25, 0.3) is 0 Å². The highest BCUT2D eigenvalue weighted by Gasteiger charge is 2.29. The number of aromatic nitrogens is 2. The summed E-state index contributed by atoms with van der Waals surface area (Å²) in [5.74, 6) is 0.969. The van der Waals surface area contributed by atoms with E-state index < -0.39 is 5.97 Å². The van der Waals surface area contributed by atoms with E-state index in [1.54, 1.807) is 0 Å². The summed E-state index contributed by atoms with van der Waals surface area (Å²) in [5.41, 5.74) is 1.44. The van der Waals surface area contributed by atoms with E-state index in [0.717, 1.165) is 42.4 Å². The van der Waals surface area contributed by atoms with Gasteiger partial charge in [0, 0.05) is 18.0 Å². The van der Waals surface area contributed by atoms with Crippen molar-refractivity contribution >= 4 is 33.3 Å². The Balaban J connectivity index is 1.74. The van der Waals surface area contributed by atoms with Crippen LogP contribution in [0.2, 0.25) is 0 Å². The number of piperidine rings is 1. The topological polar surface area (TPSA) is 66.3 Å². The Hall–Kier alpha value is -1.69. The molecule has 0 aromatic carbocycles.